The molecular weight excluding hydrogens is 396 g/mol. The number of nitrogens with zero attached hydrogens (tertiary/aromatic N) is 4. The van der Waals surface area contributed by atoms with Gasteiger partial charge in [-0.1, -0.05) is 42.5 Å². The van der Waals surface area contributed by atoms with Gasteiger partial charge in [0.2, 0.25) is 5.91 Å². The minimum Gasteiger partial charge on any atom is -0.301 e. The van der Waals surface area contributed by atoms with Gasteiger partial charge in [0.05, 0.1) is 17.4 Å². The Morgan fingerprint density at radius 3 is 2.60 bits per heavy atom. The molecule has 150 valence electrons. The molecule has 2 aromatic carbocycles. The van der Waals surface area contributed by atoms with Gasteiger partial charge in [-0.05, 0) is 37.1 Å². The Hall–Kier alpha value is -3.37. The van der Waals surface area contributed by atoms with Crippen LogP contribution in [0.1, 0.15) is 28.4 Å². The Kier molecular flexibility index (Phi) is 5.42. The third kappa shape index (κ3) is 3.51. The number of rotatable bonds is 3. The number of carbonyl (C=O) groups excluding carboxylic acids is 1. The van der Waals surface area contributed by atoms with Crippen LogP contribution in [-0.2, 0) is 11.3 Å². The van der Waals surface area contributed by atoms with E-state index in [0.717, 1.165) is 20.8 Å². The summed E-state index contributed by atoms with van der Waals surface area (Å²) < 4.78 is 1.11. The number of fused-ring (bicyclic) bond motifs is 1. The largest absolute Gasteiger partial charge is 0.301 e. The number of hydrogen-bond acceptors (Lipinski definition) is 5. The first-order chi connectivity index (χ1) is 14.5. The van der Waals surface area contributed by atoms with Gasteiger partial charge in [0, 0.05) is 10.6 Å². The molecule has 7 heteroatoms. The third-order valence-corrected chi connectivity index (χ3v) is 6.46. The molecule has 1 atom stereocenters. The SMILES string of the molecule is Cc1nn(CC(=O)N2c3ccccc3SCC2c2ccccc2)c(=O)c(C#N)c1C. The van der Waals surface area contributed by atoms with Crippen LogP contribution in [0, 0.1) is 25.2 Å². The molecule has 1 aromatic heterocycles. The second-order valence-corrected chi connectivity index (χ2v) is 8.19. The molecule has 1 aliphatic heterocycles. The van der Waals surface area contributed by atoms with Gasteiger partial charge in [0.15, 0.2) is 0 Å². The maximum Gasteiger partial charge on any atom is 0.285 e. The molecule has 30 heavy (non-hydrogen) atoms. The van der Waals surface area contributed by atoms with Crippen molar-refractivity contribution in [2.24, 2.45) is 0 Å². The van der Waals surface area contributed by atoms with Crippen LogP contribution in [0.5, 0.6) is 0 Å². The van der Waals surface area contributed by atoms with Crippen LogP contribution in [0.3, 0.4) is 0 Å². The second-order valence-electron chi connectivity index (χ2n) is 7.13. The predicted molar refractivity (Wildman–Crippen MR) is 117 cm³/mol. The lowest BCUT2D eigenvalue weighted by atomic mass is 10.1. The molecule has 0 saturated carbocycles. The molecule has 1 amide bonds. The van der Waals surface area contributed by atoms with Crippen molar-refractivity contribution >= 4 is 23.4 Å². The van der Waals surface area contributed by atoms with Gasteiger partial charge in [0.1, 0.15) is 18.2 Å². The maximum atomic E-state index is 13.5. The number of amides is 1. The highest BCUT2D eigenvalue weighted by Gasteiger charge is 2.33. The van der Waals surface area contributed by atoms with Crippen LogP contribution in [0.25, 0.3) is 0 Å². The van der Waals surface area contributed by atoms with Crippen LogP contribution >= 0.6 is 11.8 Å². The van der Waals surface area contributed by atoms with Gasteiger partial charge in [-0.25, -0.2) is 4.68 Å². The molecule has 2 heterocycles. The van der Waals surface area contributed by atoms with Gasteiger partial charge >= 0.3 is 0 Å². The van der Waals surface area contributed by atoms with Gasteiger partial charge in [-0.3, -0.25) is 9.59 Å². The molecule has 0 bridgehead atoms. The number of aromatic nitrogens is 2. The van der Waals surface area contributed by atoms with E-state index in [1.54, 1.807) is 30.5 Å². The summed E-state index contributed by atoms with van der Waals surface area (Å²) in [5.74, 6) is 0.476. The summed E-state index contributed by atoms with van der Waals surface area (Å²) >= 11 is 1.71. The highest BCUT2D eigenvalue weighted by molar-refractivity contribution is 7.99. The molecule has 3 aromatic rings. The van der Waals surface area contributed by atoms with Crippen molar-refractivity contribution in [2.75, 3.05) is 10.7 Å². The van der Waals surface area contributed by atoms with E-state index in [4.69, 9.17) is 0 Å². The number of nitriles is 1. The topological polar surface area (TPSA) is 79.0 Å². The molecule has 6 nitrogen and oxygen atoms in total. The van der Waals surface area contributed by atoms with E-state index < -0.39 is 5.56 Å². The van der Waals surface area contributed by atoms with Crippen molar-refractivity contribution < 1.29 is 4.79 Å². The summed E-state index contributed by atoms with van der Waals surface area (Å²) in [5.41, 5.74) is 2.46. The Morgan fingerprint density at radius 2 is 1.87 bits per heavy atom. The van der Waals surface area contributed by atoms with Crippen molar-refractivity contribution in [3.63, 3.8) is 0 Å². The summed E-state index contributed by atoms with van der Waals surface area (Å²) in [6, 6.07) is 19.4. The average molecular weight is 417 g/mol. The number of carbonyl (C=O) groups is 1. The monoisotopic (exact) mass is 416 g/mol. The molecule has 0 fully saturated rings. The highest BCUT2D eigenvalue weighted by atomic mass is 32.2. The highest BCUT2D eigenvalue weighted by Crippen LogP contribution is 2.43. The van der Waals surface area contributed by atoms with Gasteiger partial charge in [-0.15, -0.1) is 11.8 Å². The number of thioether (sulfide) groups is 1. The molecule has 0 saturated heterocycles. The predicted octanol–water partition coefficient (Wildman–Crippen LogP) is 3.61. The summed E-state index contributed by atoms with van der Waals surface area (Å²) in [5, 5.41) is 13.6. The van der Waals surface area contributed by atoms with Crippen LogP contribution in [-0.4, -0.2) is 21.4 Å². The van der Waals surface area contributed by atoms with E-state index >= 15 is 0 Å². The zero-order valence-electron chi connectivity index (χ0n) is 16.7. The lowest BCUT2D eigenvalue weighted by Crippen LogP contribution is -2.43. The minimum absolute atomic E-state index is 0.0320. The van der Waals surface area contributed by atoms with Gasteiger partial charge in [-0.2, -0.15) is 10.4 Å². The average Bonchev–Trinajstić information content (AvgIpc) is 2.77. The number of anilines is 1. The molecular formula is C23H20N4O2S. The molecule has 0 spiro atoms. The first-order valence-electron chi connectivity index (χ1n) is 9.58. The number of hydrogen-bond donors (Lipinski definition) is 0. The Labute approximate surface area is 178 Å². The molecule has 0 N–H and O–H groups in total. The summed E-state index contributed by atoms with van der Waals surface area (Å²) in [7, 11) is 0. The quantitative estimate of drug-likeness (QED) is 0.652. The summed E-state index contributed by atoms with van der Waals surface area (Å²) in [6.07, 6.45) is 0. The molecule has 1 aliphatic rings. The summed E-state index contributed by atoms with van der Waals surface area (Å²) in [4.78, 5) is 29.0. The molecule has 1 unspecified atom stereocenters. The van der Waals surface area contributed by atoms with Gasteiger partial charge in [0.25, 0.3) is 5.56 Å². The van der Waals surface area contributed by atoms with E-state index in [2.05, 4.69) is 5.10 Å². The lowest BCUT2D eigenvalue weighted by molar-refractivity contribution is -0.119. The van der Waals surface area contributed by atoms with Crippen LogP contribution in [0.4, 0.5) is 5.69 Å². The second kappa shape index (κ2) is 8.17. The maximum absolute atomic E-state index is 13.5. The first-order valence-corrected chi connectivity index (χ1v) is 10.6. The zero-order chi connectivity index (χ0) is 21.3. The Bertz CT molecular complexity index is 1210. The van der Waals surface area contributed by atoms with Crippen LogP contribution in [0.15, 0.2) is 64.3 Å². The Balaban J connectivity index is 1.77. The molecule has 0 radical (unpaired) electrons. The van der Waals surface area contributed by atoms with E-state index in [1.165, 1.54) is 0 Å². The van der Waals surface area contributed by atoms with Crippen molar-refractivity contribution in [3.05, 3.63) is 87.3 Å². The number of para-hydroxylation sites is 1. The normalized spacial score (nSPS) is 15.4. The van der Waals surface area contributed by atoms with Crippen LogP contribution < -0.4 is 10.5 Å². The fraction of sp³-hybridized carbons (Fsp3) is 0.217. The van der Waals surface area contributed by atoms with Gasteiger partial charge < -0.3 is 4.90 Å². The third-order valence-electron chi connectivity index (χ3n) is 5.32. The fourth-order valence-electron chi connectivity index (χ4n) is 3.63. The molecule has 0 aliphatic carbocycles. The summed E-state index contributed by atoms with van der Waals surface area (Å²) in [6.45, 7) is 3.20. The fourth-order valence-corrected chi connectivity index (χ4v) is 4.80. The van der Waals surface area contributed by atoms with Crippen molar-refractivity contribution in [1.29, 1.82) is 5.26 Å². The van der Waals surface area contributed by atoms with E-state index in [9.17, 15) is 14.9 Å². The van der Waals surface area contributed by atoms with Crippen molar-refractivity contribution in [1.82, 2.24) is 9.78 Å². The van der Waals surface area contributed by atoms with Crippen molar-refractivity contribution in [2.45, 2.75) is 31.3 Å². The Morgan fingerprint density at radius 1 is 1.17 bits per heavy atom. The number of aryl methyl sites for hydroxylation is 1. The number of benzene rings is 2. The minimum atomic E-state index is -0.537. The smallest absolute Gasteiger partial charge is 0.285 e. The zero-order valence-corrected chi connectivity index (χ0v) is 17.5. The van der Waals surface area contributed by atoms with E-state index in [1.807, 2.05) is 60.7 Å². The molecule has 4 rings (SSSR count). The van der Waals surface area contributed by atoms with E-state index in [0.29, 0.717) is 17.0 Å². The van der Waals surface area contributed by atoms with Crippen molar-refractivity contribution in [3.8, 4) is 6.07 Å². The lowest BCUT2D eigenvalue weighted by Gasteiger charge is -2.37. The standard InChI is InChI=1S/C23H20N4O2S/c1-15-16(2)25-26(23(29)18(15)12-24)13-22(28)27-19-10-6-7-11-21(19)30-14-20(27)17-8-4-3-5-9-17/h3-11,20H,13-14H2,1-2H3. The van der Waals surface area contributed by atoms with E-state index in [-0.39, 0.29) is 24.1 Å². The first kappa shape index (κ1) is 19.9. The van der Waals surface area contributed by atoms with Crippen LogP contribution in [0.2, 0.25) is 0 Å².